The van der Waals surface area contributed by atoms with Crippen molar-refractivity contribution in [3.8, 4) is 0 Å². The molecule has 9 heavy (non-hydrogen) atoms. The van der Waals surface area contributed by atoms with Gasteiger partial charge in [0.15, 0.2) is 7.15 Å². The van der Waals surface area contributed by atoms with E-state index in [1.807, 2.05) is 27.7 Å². The zero-order chi connectivity index (χ0) is 7.65. The Morgan fingerprint density at radius 2 is 1.78 bits per heavy atom. The van der Waals surface area contributed by atoms with Crippen LogP contribution in [0.4, 0.5) is 0 Å². The summed E-state index contributed by atoms with van der Waals surface area (Å²) in [4.78, 5) is 0. The van der Waals surface area contributed by atoms with Gasteiger partial charge in [-0.05, 0) is 5.41 Å². The average molecular weight is 169 g/mol. The molecule has 1 nitrogen and oxygen atoms in total. The molecule has 0 N–H and O–H groups in total. The lowest BCUT2D eigenvalue weighted by molar-refractivity contribution is 0.400. The van der Waals surface area contributed by atoms with Crippen molar-refractivity contribution in [3.05, 3.63) is 0 Å². The summed E-state index contributed by atoms with van der Waals surface area (Å²) in [5.74, 6) is 0. The van der Waals surface area contributed by atoms with Gasteiger partial charge >= 0.3 is 0 Å². The van der Waals surface area contributed by atoms with E-state index in [9.17, 15) is 4.57 Å². The van der Waals surface area contributed by atoms with E-state index in [4.69, 9.17) is 11.2 Å². The molecule has 3 heteroatoms. The van der Waals surface area contributed by atoms with Crippen LogP contribution in [0.15, 0.2) is 0 Å². The predicted octanol–water partition coefficient (Wildman–Crippen LogP) is 3.13. The Labute approximate surface area is 62.4 Å². The van der Waals surface area contributed by atoms with Crippen LogP contribution in [0.25, 0.3) is 0 Å². The summed E-state index contributed by atoms with van der Waals surface area (Å²) in [7, 11) is -1.85. The molecule has 0 aliphatic rings. The Hall–Kier alpha value is 0.520. The fraction of sp³-hybridized carbons (Fsp3) is 1.00. The second-order valence-electron chi connectivity index (χ2n) is 3.39. The van der Waals surface area contributed by atoms with E-state index in [1.165, 1.54) is 0 Å². The van der Waals surface area contributed by atoms with Crippen molar-refractivity contribution in [2.45, 2.75) is 33.4 Å². The van der Waals surface area contributed by atoms with Crippen LogP contribution < -0.4 is 0 Å². The Morgan fingerprint density at radius 3 is 1.78 bits per heavy atom. The Bertz CT molecular complexity index is 117. The van der Waals surface area contributed by atoms with Gasteiger partial charge in [-0.1, -0.05) is 38.9 Å². The summed E-state index contributed by atoms with van der Waals surface area (Å²) in [6, 6.07) is 0. The minimum atomic E-state index is -1.85. The molecule has 0 heterocycles. The number of hydrogen-bond acceptors (Lipinski definition) is 1. The molecular weight excluding hydrogens is 154 g/mol. The van der Waals surface area contributed by atoms with E-state index < -0.39 is 7.15 Å². The third-order valence-corrected chi connectivity index (χ3v) is 4.17. The van der Waals surface area contributed by atoms with Crippen molar-refractivity contribution in [1.29, 1.82) is 0 Å². The highest BCUT2D eigenvalue weighted by atomic mass is 35.7. The molecule has 0 bridgehead atoms. The lowest BCUT2D eigenvalue weighted by Gasteiger charge is -2.23. The highest BCUT2D eigenvalue weighted by molar-refractivity contribution is 7.74. The maximum absolute atomic E-state index is 10.7. The zero-order valence-corrected chi connectivity index (χ0v) is 8.12. The fourth-order valence-electron chi connectivity index (χ4n) is 0.340. The molecule has 0 aromatic carbocycles. The van der Waals surface area contributed by atoms with Gasteiger partial charge in [-0.2, -0.15) is 0 Å². The van der Waals surface area contributed by atoms with Crippen LogP contribution in [0, 0.1) is 5.41 Å². The molecule has 0 radical (unpaired) electrons. The molecule has 0 amide bonds. The molecule has 0 aliphatic carbocycles. The molecule has 2 atom stereocenters. The molecule has 0 fully saturated rings. The highest BCUT2D eigenvalue weighted by Crippen LogP contribution is 2.42. The average Bonchev–Trinajstić information content (AvgIpc) is 1.62. The number of rotatable bonds is 1. The molecule has 0 rings (SSSR count). The van der Waals surface area contributed by atoms with Gasteiger partial charge in [0.25, 0.3) is 0 Å². The SMILES string of the molecule is CC([PH](=O)Cl)C(C)(C)C. The minimum Gasteiger partial charge on any atom is -0.310 e. The lowest BCUT2D eigenvalue weighted by Crippen LogP contribution is -2.18. The molecule has 0 aliphatic heterocycles. The molecule has 0 aromatic rings. The molecule has 2 unspecified atom stereocenters. The summed E-state index contributed by atoms with van der Waals surface area (Å²) in [5, 5.41) is 0. The van der Waals surface area contributed by atoms with Crippen molar-refractivity contribution >= 4 is 18.4 Å². The van der Waals surface area contributed by atoms with Crippen LogP contribution >= 0.6 is 18.4 Å². The van der Waals surface area contributed by atoms with Crippen molar-refractivity contribution in [2.75, 3.05) is 0 Å². The first-order valence-electron chi connectivity index (χ1n) is 3.05. The summed E-state index contributed by atoms with van der Waals surface area (Å²) < 4.78 is 10.7. The van der Waals surface area contributed by atoms with E-state index in [2.05, 4.69) is 0 Å². The topological polar surface area (TPSA) is 17.1 Å². The highest BCUT2D eigenvalue weighted by Gasteiger charge is 2.23. The number of hydrogen-bond donors (Lipinski definition) is 0. The Morgan fingerprint density at radius 1 is 1.44 bits per heavy atom. The van der Waals surface area contributed by atoms with E-state index in [-0.39, 0.29) is 11.1 Å². The van der Waals surface area contributed by atoms with Crippen molar-refractivity contribution in [3.63, 3.8) is 0 Å². The maximum atomic E-state index is 10.7. The standard InChI is InChI=1S/C6H14ClOP/c1-5(9(7)8)6(2,3)4/h5,9H,1-4H3. The minimum absolute atomic E-state index is 0.0811. The van der Waals surface area contributed by atoms with Crippen LogP contribution in [0.5, 0.6) is 0 Å². The van der Waals surface area contributed by atoms with E-state index in [0.717, 1.165) is 0 Å². The first-order valence-corrected chi connectivity index (χ1v) is 5.55. The molecule has 0 aromatic heterocycles. The van der Waals surface area contributed by atoms with Gasteiger partial charge < -0.3 is 4.57 Å². The van der Waals surface area contributed by atoms with E-state index in [0.29, 0.717) is 0 Å². The maximum Gasteiger partial charge on any atom is 0.161 e. The molecular formula is C6H14ClOP. The monoisotopic (exact) mass is 168 g/mol. The summed E-state index contributed by atoms with van der Waals surface area (Å²) in [6.07, 6.45) is 0. The largest absolute Gasteiger partial charge is 0.310 e. The van der Waals surface area contributed by atoms with Gasteiger partial charge in [-0.3, -0.25) is 0 Å². The van der Waals surface area contributed by atoms with Gasteiger partial charge in [0.05, 0.1) is 0 Å². The van der Waals surface area contributed by atoms with Crippen LogP contribution in [0.1, 0.15) is 27.7 Å². The third-order valence-electron chi connectivity index (χ3n) is 1.64. The number of halogens is 1. The van der Waals surface area contributed by atoms with Gasteiger partial charge in [0.1, 0.15) is 0 Å². The quantitative estimate of drug-likeness (QED) is 0.550. The third kappa shape index (κ3) is 3.27. The summed E-state index contributed by atoms with van der Waals surface area (Å²) >= 11 is 5.46. The van der Waals surface area contributed by atoms with Crippen LogP contribution in [-0.2, 0) is 4.57 Å². The zero-order valence-electron chi connectivity index (χ0n) is 6.36. The van der Waals surface area contributed by atoms with Gasteiger partial charge in [-0.25, -0.2) is 0 Å². The molecule has 0 saturated carbocycles. The molecule has 0 spiro atoms. The first kappa shape index (κ1) is 9.52. The second-order valence-corrected chi connectivity index (χ2v) is 5.98. The van der Waals surface area contributed by atoms with Gasteiger partial charge in [0, 0.05) is 5.66 Å². The normalized spacial score (nSPS) is 19.2. The molecule has 0 saturated heterocycles. The van der Waals surface area contributed by atoms with Crippen molar-refractivity contribution in [1.82, 2.24) is 0 Å². The Kier molecular flexibility index (Phi) is 3.25. The fourth-order valence-corrected chi connectivity index (χ4v) is 2.00. The lowest BCUT2D eigenvalue weighted by atomic mass is 9.93. The van der Waals surface area contributed by atoms with Crippen LogP contribution in [-0.4, -0.2) is 5.66 Å². The molecule has 56 valence electrons. The van der Waals surface area contributed by atoms with Crippen LogP contribution in [0.2, 0.25) is 0 Å². The summed E-state index contributed by atoms with van der Waals surface area (Å²) in [6.45, 7) is 8.06. The van der Waals surface area contributed by atoms with Crippen molar-refractivity contribution < 1.29 is 4.57 Å². The van der Waals surface area contributed by atoms with E-state index >= 15 is 0 Å². The summed E-state index contributed by atoms with van der Waals surface area (Å²) in [5.41, 5.74) is 0.210. The van der Waals surface area contributed by atoms with Gasteiger partial charge in [0.2, 0.25) is 0 Å². The smallest absolute Gasteiger partial charge is 0.161 e. The van der Waals surface area contributed by atoms with E-state index in [1.54, 1.807) is 0 Å². The second kappa shape index (κ2) is 3.07. The van der Waals surface area contributed by atoms with Gasteiger partial charge in [-0.15, -0.1) is 0 Å². The predicted molar refractivity (Wildman–Crippen MR) is 43.8 cm³/mol. The Balaban J connectivity index is 4.04. The first-order chi connectivity index (χ1) is 3.85. The van der Waals surface area contributed by atoms with Crippen LogP contribution in [0.3, 0.4) is 0 Å². The van der Waals surface area contributed by atoms with Crippen molar-refractivity contribution in [2.24, 2.45) is 5.41 Å².